The monoisotopic (exact) mass is 458 g/mol. The molecule has 2 saturated heterocycles. The lowest BCUT2D eigenvalue weighted by molar-refractivity contribution is -0.138. The van der Waals surface area contributed by atoms with Crippen LogP contribution < -0.4 is 5.32 Å². The molecule has 5 nitrogen and oxygen atoms in total. The second-order valence-corrected chi connectivity index (χ2v) is 10.9. The Morgan fingerprint density at radius 1 is 1.12 bits per heavy atom. The predicted molar refractivity (Wildman–Crippen MR) is 139 cm³/mol. The zero-order chi connectivity index (χ0) is 24.0. The summed E-state index contributed by atoms with van der Waals surface area (Å²) in [6, 6.07) is 11.3. The van der Waals surface area contributed by atoms with Crippen molar-refractivity contribution in [1.82, 2.24) is 20.2 Å². The van der Waals surface area contributed by atoms with Crippen LogP contribution >= 0.6 is 0 Å². The highest BCUT2D eigenvalue weighted by atomic mass is 16.2. The van der Waals surface area contributed by atoms with Gasteiger partial charge in [-0.05, 0) is 100 Å². The maximum absolute atomic E-state index is 13.1. The number of hydrogen-bond acceptors (Lipinski definition) is 3. The number of nitrogens with one attached hydrogen (secondary N) is 2. The number of pyridine rings is 1. The summed E-state index contributed by atoms with van der Waals surface area (Å²) < 4.78 is 0. The fraction of sp³-hybridized carbons (Fsp3) is 0.517. The van der Waals surface area contributed by atoms with Gasteiger partial charge in [0.25, 0.3) is 0 Å². The van der Waals surface area contributed by atoms with Crippen molar-refractivity contribution < 1.29 is 4.79 Å². The number of H-pyrrole nitrogens is 1. The standard InChI is InChI=1S/C29H38N4O/c1-18(2)26-24-17-22(7-8-25(24)32-27(26)23-15-19(3)31-20(4)16-23)21-9-13-33(14-10-21)28(34)29(5)11-6-12-30-29/h7-8,15-18,21,30,32H,6,9-14H2,1-5H3. The first-order chi connectivity index (χ1) is 16.2. The largest absolute Gasteiger partial charge is 0.354 e. The Kier molecular flexibility index (Phi) is 6.01. The van der Waals surface area contributed by atoms with Crippen molar-refractivity contribution in [2.24, 2.45) is 0 Å². The Morgan fingerprint density at radius 2 is 1.82 bits per heavy atom. The van der Waals surface area contributed by atoms with E-state index in [0.717, 1.165) is 56.7 Å². The SMILES string of the molecule is Cc1cc(-c2[nH]c3ccc(C4CCN(C(=O)C5(C)CCCN5)CC4)cc3c2C(C)C)cc(C)n1. The third-order valence-corrected chi connectivity index (χ3v) is 7.90. The normalized spacial score (nSPS) is 21.6. The van der Waals surface area contributed by atoms with E-state index in [1.165, 1.54) is 33.3 Å². The molecule has 1 aromatic carbocycles. The van der Waals surface area contributed by atoms with Crippen LogP contribution in [0.15, 0.2) is 30.3 Å². The molecule has 0 radical (unpaired) electrons. The lowest BCUT2D eigenvalue weighted by Gasteiger charge is -2.37. The van der Waals surface area contributed by atoms with E-state index in [9.17, 15) is 4.79 Å². The van der Waals surface area contributed by atoms with Gasteiger partial charge in [-0.1, -0.05) is 19.9 Å². The van der Waals surface area contributed by atoms with E-state index >= 15 is 0 Å². The van der Waals surface area contributed by atoms with Crippen molar-refractivity contribution in [3.05, 3.63) is 52.8 Å². The van der Waals surface area contributed by atoms with Crippen LogP contribution in [0.25, 0.3) is 22.2 Å². The van der Waals surface area contributed by atoms with E-state index < -0.39 is 0 Å². The van der Waals surface area contributed by atoms with Crippen LogP contribution in [0.4, 0.5) is 0 Å². The molecule has 0 aliphatic carbocycles. The summed E-state index contributed by atoms with van der Waals surface area (Å²) in [6.07, 6.45) is 4.11. The number of aryl methyl sites for hydroxylation is 2. The minimum atomic E-state index is -0.358. The van der Waals surface area contributed by atoms with Crippen LogP contribution in [0.1, 0.15) is 80.8 Å². The molecule has 2 fully saturated rings. The minimum absolute atomic E-state index is 0.291. The lowest BCUT2D eigenvalue weighted by atomic mass is 9.86. The molecule has 0 spiro atoms. The van der Waals surface area contributed by atoms with Gasteiger partial charge in [0, 0.05) is 40.9 Å². The van der Waals surface area contributed by atoms with E-state index in [2.05, 4.69) is 85.1 Å². The fourth-order valence-corrected chi connectivity index (χ4v) is 6.13. The van der Waals surface area contributed by atoms with Gasteiger partial charge in [-0.15, -0.1) is 0 Å². The molecular weight excluding hydrogens is 420 g/mol. The third kappa shape index (κ3) is 4.15. The van der Waals surface area contributed by atoms with E-state index in [0.29, 0.717) is 17.7 Å². The topological polar surface area (TPSA) is 61.0 Å². The average Bonchev–Trinajstić information content (AvgIpc) is 3.42. The highest BCUT2D eigenvalue weighted by Crippen LogP contribution is 2.39. The summed E-state index contributed by atoms with van der Waals surface area (Å²) in [6.45, 7) is 13.4. The molecule has 34 heavy (non-hydrogen) atoms. The molecule has 0 saturated carbocycles. The van der Waals surface area contributed by atoms with Crippen molar-refractivity contribution in [2.45, 2.75) is 77.7 Å². The number of carbonyl (C=O) groups excluding carboxylic acids is 1. The summed E-state index contributed by atoms with van der Waals surface area (Å²) in [5.41, 5.74) is 8.15. The fourth-order valence-electron chi connectivity index (χ4n) is 6.13. The number of rotatable bonds is 4. The number of hydrogen-bond donors (Lipinski definition) is 2. The maximum atomic E-state index is 13.1. The van der Waals surface area contributed by atoms with Crippen molar-refractivity contribution in [2.75, 3.05) is 19.6 Å². The van der Waals surface area contributed by atoms with Gasteiger partial charge in [-0.25, -0.2) is 0 Å². The number of carbonyl (C=O) groups is 1. The van der Waals surface area contributed by atoms with Gasteiger partial charge in [0.15, 0.2) is 0 Å². The summed E-state index contributed by atoms with van der Waals surface area (Å²) in [7, 11) is 0. The first-order valence-corrected chi connectivity index (χ1v) is 12.9. The van der Waals surface area contributed by atoms with E-state index in [1.54, 1.807) is 0 Å². The van der Waals surface area contributed by atoms with Gasteiger partial charge >= 0.3 is 0 Å². The summed E-state index contributed by atoms with van der Waals surface area (Å²) >= 11 is 0. The molecule has 2 aliphatic heterocycles. The molecule has 2 aliphatic rings. The van der Waals surface area contributed by atoms with E-state index in [-0.39, 0.29) is 5.54 Å². The lowest BCUT2D eigenvalue weighted by Crippen LogP contribution is -2.54. The van der Waals surface area contributed by atoms with Gasteiger partial charge in [-0.3, -0.25) is 9.78 Å². The van der Waals surface area contributed by atoms with Crippen molar-refractivity contribution in [1.29, 1.82) is 0 Å². The summed E-state index contributed by atoms with van der Waals surface area (Å²) in [5.74, 6) is 1.20. The average molecular weight is 459 g/mol. The molecule has 2 N–H and O–H groups in total. The smallest absolute Gasteiger partial charge is 0.242 e. The molecule has 5 rings (SSSR count). The van der Waals surface area contributed by atoms with Crippen LogP contribution in [-0.4, -0.2) is 45.9 Å². The second kappa shape index (κ2) is 8.84. The molecule has 3 aromatic rings. The molecule has 1 amide bonds. The Hall–Kier alpha value is -2.66. The first-order valence-electron chi connectivity index (χ1n) is 12.9. The maximum Gasteiger partial charge on any atom is 0.242 e. The summed E-state index contributed by atoms with van der Waals surface area (Å²) in [4.78, 5) is 23.5. The quantitative estimate of drug-likeness (QED) is 0.518. The number of aromatic nitrogens is 2. The van der Waals surface area contributed by atoms with Crippen LogP contribution in [0.2, 0.25) is 0 Å². The van der Waals surface area contributed by atoms with Gasteiger partial charge < -0.3 is 15.2 Å². The van der Waals surface area contributed by atoms with Crippen LogP contribution in [-0.2, 0) is 4.79 Å². The molecule has 4 heterocycles. The molecule has 0 bridgehead atoms. The highest BCUT2D eigenvalue weighted by molar-refractivity contribution is 5.92. The zero-order valence-corrected chi connectivity index (χ0v) is 21.3. The van der Waals surface area contributed by atoms with Gasteiger partial charge in [0.05, 0.1) is 11.2 Å². The number of fused-ring (bicyclic) bond motifs is 1. The number of aromatic amines is 1. The Bertz CT molecular complexity index is 1190. The molecule has 2 aromatic heterocycles. The number of piperidine rings is 1. The van der Waals surface area contributed by atoms with Crippen LogP contribution in [0, 0.1) is 13.8 Å². The van der Waals surface area contributed by atoms with E-state index in [4.69, 9.17) is 0 Å². The van der Waals surface area contributed by atoms with Gasteiger partial charge in [0.1, 0.15) is 0 Å². The zero-order valence-electron chi connectivity index (χ0n) is 21.3. The second-order valence-electron chi connectivity index (χ2n) is 10.9. The van der Waals surface area contributed by atoms with Crippen molar-refractivity contribution in [3.63, 3.8) is 0 Å². The number of nitrogens with zero attached hydrogens (tertiary/aromatic N) is 2. The van der Waals surface area contributed by atoms with Crippen molar-refractivity contribution in [3.8, 4) is 11.3 Å². The Morgan fingerprint density at radius 3 is 2.44 bits per heavy atom. The number of likely N-dealkylation sites (tertiary alicyclic amines) is 1. The Balaban J connectivity index is 1.41. The number of benzene rings is 1. The first kappa shape index (κ1) is 23.1. The molecule has 180 valence electrons. The minimum Gasteiger partial charge on any atom is -0.354 e. The predicted octanol–water partition coefficient (Wildman–Crippen LogP) is 5.82. The van der Waals surface area contributed by atoms with Crippen molar-refractivity contribution >= 4 is 16.8 Å². The van der Waals surface area contributed by atoms with E-state index in [1.807, 2.05) is 0 Å². The Labute approximate surface area is 203 Å². The number of amides is 1. The molecular formula is C29H38N4O. The third-order valence-electron chi connectivity index (χ3n) is 7.90. The molecule has 5 heteroatoms. The van der Waals surface area contributed by atoms with Crippen LogP contribution in [0.3, 0.4) is 0 Å². The summed E-state index contributed by atoms with van der Waals surface area (Å²) in [5, 5.41) is 4.76. The highest BCUT2D eigenvalue weighted by Gasteiger charge is 2.40. The molecule has 1 atom stereocenters. The molecule has 1 unspecified atom stereocenters. The van der Waals surface area contributed by atoms with Gasteiger partial charge in [0.2, 0.25) is 5.91 Å². The van der Waals surface area contributed by atoms with Gasteiger partial charge in [-0.2, -0.15) is 0 Å². The van der Waals surface area contributed by atoms with Crippen LogP contribution in [0.5, 0.6) is 0 Å².